The van der Waals surface area contributed by atoms with Gasteiger partial charge in [-0.2, -0.15) is 4.31 Å². The molecule has 1 aromatic carbocycles. The highest BCUT2D eigenvalue weighted by Crippen LogP contribution is 2.46. The highest BCUT2D eigenvalue weighted by atomic mass is 79.9. The molecule has 1 aliphatic carbocycles. The van der Waals surface area contributed by atoms with Crippen LogP contribution in [0.25, 0.3) is 0 Å². The van der Waals surface area contributed by atoms with E-state index in [0.29, 0.717) is 4.47 Å². The highest BCUT2D eigenvalue weighted by molar-refractivity contribution is 9.10. The summed E-state index contributed by atoms with van der Waals surface area (Å²) in [6.45, 7) is 0.146. The van der Waals surface area contributed by atoms with E-state index in [-0.39, 0.29) is 29.5 Å². The predicted octanol–water partition coefficient (Wildman–Crippen LogP) is 1.29. The summed E-state index contributed by atoms with van der Waals surface area (Å²) in [7, 11) is -3.80. The minimum Gasteiger partial charge on any atom is -0.478 e. The minimum absolute atomic E-state index is 0.0732. The molecular formula is C13H14BrNO5S. The zero-order valence-electron chi connectivity index (χ0n) is 11.0. The van der Waals surface area contributed by atoms with Crippen LogP contribution in [-0.4, -0.2) is 47.6 Å². The Balaban J connectivity index is 1.89. The molecule has 0 bridgehead atoms. The number of carboxylic acids is 1. The van der Waals surface area contributed by atoms with Crippen molar-refractivity contribution in [1.29, 1.82) is 0 Å². The third-order valence-electron chi connectivity index (χ3n) is 4.03. The number of aliphatic hydroxyl groups is 1. The van der Waals surface area contributed by atoms with Crippen LogP contribution in [0.15, 0.2) is 27.6 Å². The lowest BCUT2D eigenvalue weighted by molar-refractivity contribution is -0.0765. The summed E-state index contributed by atoms with van der Waals surface area (Å²) >= 11 is 3.15. The van der Waals surface area contributed by atoms with Crippen LogP contribution in [0.5, 0.6) is 0 Å². The van der Waals surface area contributed by atoms with E-state index in [1.165, 1.54) is 16.4 Å². The van der Waals surface area contributed by atoms with Gasteiger partial charge in [-0.05, 0) is 52.9 Å². The molecule has 0 amide bonds. The highest BCUT2D eigenvalue weighted by Gasteiger charge is 2.55. The average Bonchev–Trinajstić information content (AvgIpc) is 3.19. The number of sulfonamides is 1. The van der Waals surface area contributed by atoms with Crippen molar-refractivity contribution in [2.75, 3.05) is 13.1 Å². The van der Waals surface area contributed by atoms with Gasteiger partial charge < -0.3 is 10.2 Å². The van der Waals surface area contributed by atoms with Crippen molar-refractivity contribution in [3.05, 3.63) is 28.2 Å². The molecule has 0 aromatic heterocycles. The summed E-state index contributed by atoms with van der Waals surface area (Å²) in [5, 5.41) is 19.2. The number of nitrogens with zero attached hydrogens (tertiary/aromatic N) is 1. The Morgan fingerprint density at radius 3 is 2.48 bits per heavy atom. The van der Waals surface area contributed by atoms with Crippen LogP contribution in [0.1, 0.15) is 23.2 Å². The molecule has 0 atom stereocenters. The summed E-state index contributed by atoms with van der Waals surface area (Å²) in [6.07, 6.45) is 1.87. The normalized spacial score (nSPS) is 21.8. The molecular weight excluding hydrogens is 362 g/mol. The standard InChI is InChI=1S/C13H14BrNO5S/c14-10-4-1-8(12(16)17)5-11(10)21(19,20)15-6-13(18,7-15)9-2-3-9/h1,4-5,9,18H,2-3,6-7H2,(H,16,17). The third-order valence-corrected chi connectivity index (χ3v) is 6.82. The van der Waals surface area contributed by atoms with E-state index in [9.17, 15) is 18.3 Å². The van der Waals surface area contributed by atoms with Gasteiger partial charge in [0.1, 0.15) is 0 Å². The summed E-state index contributed by atoms with van der Waals surface area (Å²) in [5.41, 5.74) is -1.00. The minimum atomic E-state index is -3.80. The van der Waals surface area contributed by atoms with E-state index in [0.717, 1.165) is 18.9 Å². The van der Waals surface area contributed by atoms with Gasteiger partial charge in [-0.3, -0.25) is 0 Å². The monoisotopic (exact) mass is 375 g/mol. The van der Waals surface area contributed by atoms with Crippen molar-refractivity contribution in [3.8, 4) is 0 Å². The van der Waals surface area contributed by atoms with E-state index in [2.05, 4.69) is 15.9 Å². The van der Waals surface area contributed by atoms with Crippen molar-refractivity contribution < 1.29 is 23.4 Å². The number of β-amino-alcohol motifs (C(OH)–C–C–N with tert-alkyl or cyclic N) is 1. The summed E-state index contributed by atoms with van der Waals surface area (Å²) in [5.74, 6) is -0.991. The Morgan fingerprint density at radius 2 is 1.95 bits per heavy atom. The predicted molar refractivity (Wildman–Crippen MR) is 77.5 cm³/mol. The lowest BCUT2D eigenvalue weighted by Gasteiger charge is -2.45. The van der Waals surface area contributed by atoms with Gasteiger partial charge in [-0.25, -0.2) is 13.2 Å². The quantitative estimate of drug-likeness (QED) is 0.826. The largest absolute Gasteiger partial charge is 0.478 e. The summed E-state index contributed by atoms with van der Waals surface area (Å²) < 4.78 is 26.6. The number of rotatable bonds is 4. The van der Waals surface area contributed by atoms with Crippen molar-refractivity contribution in [1.82, 2.24) is 4.31 Å². The van der Waals surface area contributed by atoms with Gasteiger partial charge >= 0.3 is 5.97 Å². The smallest absolute Gasteiger partial charge is 0.335 e. The van der Waals surface area contributed by atoms with Gasteiger partial charge in [0.2, 0.25) is 10.0 Å². The van der Waals surface area contributed by atoms with E-state index in [1.54, 1.807) is 0 Å². The molecule has 6 nitrogen and oxygen atoms in total. The lowest BCUT2D eigenvalue weighted by Crippen LogP contribution is -2.64. The Labute approximate surface area is 130 Å². The van der Waals surface area contributed by atoms with Crippen LogP contribution in [0.4, 0.5) is 0 Å². The van der Waals surface area contributed by atoms with Crippen LogP contribution < -0.4 is 0 Å². The lowest BCUT2D eigenvalue weighted by atomic mass is 9.91. The Morgan fingerprint density at radius 1 is 1.33 bits per heavy atom. The van der Waals surface area contributed by atoms with Gasteiger partial charge in [-0.1, -0.05) is 0 Å². The number of aromatic carboxylic acids is 1. The first-order valence-electron chi connectivity index (χ1n) is 6.49. The molecule has 3 rings (SSSR count). The van der Waals surface area contributed by atoms with Crippen LogP contribution in [-0.2, 0) is 10.0 Å². The number of hydrogen-bond donors (Lipinski definition) is 2. The van der Waals surface area contributed by atoms with Crippen LogP contribution >= 0.6 is 15.9 Å². The van der Waals surface area contributed by atoms with E-state index >= 15 is 0 Å². The zero-order valence-corrected chi connectivity index (χ0v) is 13.4. The van der Waals surface area contributed by atoms with E-state index in [4.69, 9.17) is 5.11 Å². The van der Waals surface area contributed by atoms with Gasteiger partial charge in [0.25, 0.3) is 0 Å². The molecule has 1 heterocycles. The van der Waals surface area contributed by atoms with Crippen LogP contribution in [0.3, 0.4) is 0 Å². The molecule has 21 heavy (non-hydrogen) atoms. The molecule has 2 aliphatic rings. The molecule has 2 N–H and O–H groups in total. The molecule has 114 valence electrons. The second-order valence-corrected chi connectivity index (χ2v) is 8.36. The first-order valence-corrected chi connectivity index (χ1v) is 8.73. The number of carboxylic acid groups (broad SMARTS) is 1. The van der Waals surface area contributed by atoms with Crippen molar-refractivity contribution in [2.45, 2.75) is 23.3 Å². The molecule has 0 unspecified atom stereocenters. The molecule has 8 heteroatoms. The van der Waals surface area contributed by atoms with Gasteiger partial charge in [-0.15, -0.1) is 0 Å². The SMILES string of the molecule is O=C(O)c1ccc(Br)c(S(=O)(=O)N2CC(O)(C3CC3)C2)c1. The number of carbonyl (C=O) groups is 1. The van der Waals surface area contributed by atoms with Crippen molar-refractivity contribution >= 4 is 31.9 Å². The van der Waals surface area contributed by atoms with Gasteiger partial charge in [0.05, 0.1) is 16.1 Å². The fraction of sp³-hybridized carbons (Fsp3) is 0.462. The molecule has 2 fully saturated rings. The van der Waals surface area contributed by atoms with Crippen LogP contribution in [0.2, 0.25) is 0 Å². The molecule has 1 saturated carbocycles. The maximum Gasteiger partial charge on any atom is 0.335 e. The van der Waals surface area contributed by atoms with Crippen molar-refractivity contribution in [2.24, 2.45) is 5.92 Å². The van der Waals surface area contributed by atoms with Crippen molar-refractivity contribution in [3.63, 3.8) is 0 Å². The zero-order chi connectivity index (χ0) is 15.4. The van der Waals surface area contributed by atoms with E-state index in [1.807, 2.05) is 0 Å². The fourth-order valence-corrected chi connectivity index (χ4v) is 5.10. The number of halogens is 1. The first kappa shape index (κ1) is 15.0. The van der Waals surface area contributed by atoms with Gasteiger partial charge in [0.15, 0.2) is 0 Å². The Hall–Kier alpha value is -0.960. The summed E-state index contributed by atoms with van der Waals surface area (Å²) in [6, 6.07) is 3.88. The Kier molecular flexibility index (Phi) is 3.40. The maximum atomic E-state index is 12.5. The molecule has 0 spiro atoms. The third kappa shape index (κ3) is 2.50. The molecule has 1 aromatic rings. The summed E-state index contributed by atoms with van der Waals surface area (Å²) in [4.78, 5) is 10.9. The average molecular weight is 376 g/mol. The topological polar surface area (TPSA) is 94.9 Å². The molecule has 1 aliphatic heterocycles. The second-order valence-electron chi connectivity index (χ2n) is 5.60. The van der Waals surface area contributed by atoms with Crippen LogP contribution in [0, 0.1) is 5.92 Å². The maximum absolute atomic E-state index is 12.5. The fourth-order valence-electron chi connectivity index (χ4n) is 2.59. The molecule has 0 radical (unpaired) electrons. The number of benzene rings is 1. The van der Waals surface area contributed by atoms with Gasteiger partial charge in [0, 0.05) is 17.6 Å². The first-order chi connectivity index (χ1) is 9.74. The second kappa shape index (κ2) is 4.77. The molecule has 1 saturated heterocycles. The Bertz CT molecular complexity index is 707. The number of hydrogen-bond acceptors (Lipinski definition) is 4. The van der Waals surface area contributed by atoms with E-state index < -0.39 is 21.6 Å².